The first-order valence-electron chi connectivity index (χ1n) is 12.3. The normalized spacial score (nSPS) is 14.9. The number of carbonyl (C=O) groups is 1. The predicted molar refractivity (Wildman–Crippen MR) is 137 cm³/mol. The van der Waals surface area contributed by atoms with Gasteiger partial charge in [-0.1, -0.05) is 0 Å². The summed E-state index contributed by atoms with van der Waals surface area (Å²) in [5.41, 5.74) is 0.705. The molecule has 11 heteroatoms. The second kappa shape index (κ2) is 10.9. The van der Waals surface area contributed by atoms with Crippen LogP contribution in [-0.4, -0.2) is 49.0 Å². The van der Waals surface area contributed by atoms with Gasteiger partial charge in [0.1, 0.15) is 0 Å². The standard InChI is InChI=1S/C28H28F6N4O/c1-17-18(2)25(36-26(39)20-5-4-6-35-16-20)24(38-9-7-37(3)8-10-38)14-21(17)11-19-12-22(27(29,30)31)15-23(13-19)28(32,33)34/h4-6,12-16H,7-11H2,1-3H3,(H,36,39). The molecule has 3 aromatic rings. The van der Waals surface area contributed by atoms with Gasteiger partial charge in [-0.25, -0.2) is 0 Å². The van der Waals surface area contributed by atoms with Crippen LogP contribution >= 0.6 is 0 Å². The number of hydrogen-bond acceptors (Lipinski definition) is 4. The molecule has 1 aromatic heterocycles. The number of hydrogen-bond donors (Lipinski definition) is 1. The number of piperazine rings is 1. The largest absolute Gasteiger partial charge is 0.416 e. The van der Waals surface area contributed by atoms with Crippen LogP contribution in [0.1, 0.15) is 43.7 Å². The number of rotatable bonds is 5. The highest BCUT2D eigenvalue weighted by Gasteiger charge is 2.37. The topological polar surface area (TPSA) is 48.5 Å². The molecular weight excluding hydrogens is 522 g/mol. The number of nitrogens with one attached hydrogen (secondary N) is 1. The molecular formula is C28H28F6N4O. The van der Waals surface area contributed by atoms with Gasteiger partial charge in [-0.05, 0) is 86.0 Å². The van der Waals surface area contributed by atoms with E-state index >= 15 is 0 Å². The monoisotopic (exact) mass is 550 g/mol. The lowest BCUT2D eigenvalue weighted by Crippen LogP contribution is -2.45. The molecule has 1 aliphatic heterocycles. The van der Waals surface area contributed by atoms with E-state index in [-0.39, 0.29) is 24.0 Å². The second-order valence-electron chi connectivity index (χ2n) is 9.76. The number of anilines is 2. The summed E-state index contributed by atoms with van der Waals surface area (Å²) in [6.45, 7) is 6.30. The molecule has 5 nitrogen and oxygen atoms in total. The van der Waals surface area contributed by atoms with Crippen molar-refractivity contribution in [2.75, 3.05) is 43.4 Å². The Morgan fingerprint density at radius 3 is 2.08 bits per heavy atom. The Labute approximate surface area is 222 Å². The molecule has 39 heavy (non-hydrogen) atoms. The molecule has 0 bridgehead atoms. The minimum atomic E-state index is -4.92. The van der Waals surface area contributed by atoms with Gasteiger partial charge in [0.05, 0.1) is 28.1 Å². The SMILES string of the molecule is Cc1c(Cc2cc(C(F)(F)F)cc(C(F)(F)F)c2)cc(N2CCN(C)CC2)c(NC(=O)c2cccnc2)c1C. The average molecular weight is 551 g/mol. The molecule has 0 radical (unpaired) electrons. The van der Waals surface area contributed by atoms with Crippen LogP contribution < -0.4 is 10.2 Å². The molecule has 0 aliphatic carbocycles. The van der Waals surface area contributed by atoms with Crippen molar-refractivity contribution >= 4 is 17.3 Å². The number of likely N-dealkylation sites (N-methyl/N-ethyl adjacent to an activating group) is 1. The lowest BCUT2D eigenvalue weighted by atomic mass is 9.92. The molecule has 2 heterocycles. The quantitative estimate of drug-likeness (QED) is 0.377. The first-order valence-corrected chi connectivity index (χ1v) is 12.3. The Morgan fingerprint density at radius 1 is 0.923 bits per heavy atom. The molecule has 2 aromatic carbocycles. The Morgan fingerprint density at radius 2 is 1.54 bits per heavy atom. The summed E-state index contributed by atoms with van der Waals surface area (Å²) >= 11 is 0. The Hall–Kier alpha value is -3.60. The number of alkyl halides is 6. The molecule has 4 rings (SSSR count). The van der Waals surface area contributed by atoms with E-state index in [0.717, 1.165) is 25.2 Å². The van der Waals surface area contributed by atoms with Crippen LogP contribution in [0.25, 0.3) is 0 Å². The van der Waals surface area contributed by atoms with Crippen molar-refractivity contribution < 1.29 is 31.1 Å². The molecule has 1 aliphatic rings. The minimum absolute atomic E-state index is 0.101. The average Bonchev–Trinajstić information content (AvgIpc) is 2.88. The van der Waals surface area contributed by atoms with Crippen molar-refractivity contribution in [3.63, 3.8) is 0 Å². The zero-order valence-electron chi connectivity index (χ0n) is 21.7. The fourth-order valence-corrected chi connectivity index (χ4v) is 4.63. The van der Waals surface area contributed by atoms with E-state index in [0.29, 0.717) is 46.7 Å². The van der Waals surface area contributed by atoms with Crippen molar-refractivity contribution in [1.29, 1.82) is 0 Å². The van der Waals surface area contributed by atoms with E-state index < -0.39 is 23.5 Å². The van der Waals surface area contributed by atoms with E-state index in [1.165, 1.54) is 6.20 Å². The van der Waals surface area contributed by atoms with Gasteiger partial charge in [-0.3, -0.25) is 9.78 Å². The maximum Gasteiger partial charge on any atom is 0.416 e. The van der Waals surface area contributed by atoms with E-state index in [1.807, 2.05) is 7.05 Å². The fraction of sp³-hybridized carbons (Fsp3) is 0.357. The second-order valence-corrected chi connectivity index (χ2v) is 9.76. The maximum atomic E-state index is 13.4. The van der Waals surface area contributed by atoms with Crippen molar-refractivity contribution in [3.8, 4) is 0 Å². The number of aromatic nitrogens is 1. The highest BCUT2D eigenvalue weighted by molar-refractivity contribution is 6.06. The smallest absolute Gasteiger partial charge is 0.367 e. The number of amides is 1. The highest BCUT2D eigenvalue weighted by atomic mass is 19.4. The van der Waals surface area contributed by atoms with Crippen LogP contribution in [0.4, 0.5) is 37.7 Å². The van der Waals surface area contributed by atoms with E-state index in [9.17, 15) is 31.1 Å². The summed E-state index contributed by atoms with van der Waals surface area (Å²) in [5, 5.41) is 2.96. The number of nitrogens with zero attached hydrogens (tertiary/aromatic N) is 3. The van der Waals surface area contributed by atoms with Gasteiger partial charge < -0.3 is 15.1 Å². The van der Waals surface area contributed by atoms with Gasteiger partial charge in [0, 0.05) is 38.6 Å². The lowest BCUT2D eigenvalue weighted by Gasteiger charge is -2.36. The fourth-order valence-electron chi connectivity index (χ4n) is 4.63. The summed E-state index contributed by atoms with van der Waals surface area (Å²) < 4.78 is 80.7. The predicted octanol–water partition coefficient (Wildman–Crippen LogP) is 6.33. The van der Waals surface area contributed by atoms with Crippen molar-refractivity contribution in [3.05, 3.63) is 87.7 Å². The van der Waals surface area contributed by atoms with Gasteiger partial charge in [0.25, 0.3) is 5.91 Å². The Kier molecular flexibility index (Phi) is 7.92. The van der Waals surface area contributed by atoms with E-state index in [4.69, 9.17) is 0 Å². The zero-order chi connectivity index (χ0) is 28.5. The van der Waals surface area contributed by atoms with Crippen LogP contribution in [-0.2, 0) is 18.8 Å². The van der Waals surface area contributed by atoms with Gasteiger partial charge >= 0.3 is 12.4 Å². The molecule has 0 unspecified atom stereocenters. The zero-order valence-corrected chi connectivity index (χ0v) is 21.7. The molecule has 0 spiro atoms. The first-order chi connectivity index (χ1) is 18.2. The van der Waals surface area contributed by atoms with Crippen LogP contribution in [0.2, 0.25) is 0 Å². The maximum absolute atomic E-state index is 13.4. The Bertz CT molecular complexity index is 1310. The van der Waals surface area contributed by atoms with Gasteiger partial charge in [-0.15, -0.1) is 0 Å². The van der Waals surface area contributed by atoms with Crippen molar-refractivity contribution in [2.45, 2.75) is 32.6 Å². The third-order valence-electron chi connectivity index (χ3n) is 7.03. The summed E-state index contributed by atoms with van der Waals surface area (Å²) in [6.07, 6.45) is -7.00. The van der Waals surface area contributed by atoms with Gasteiger partial charge in [0.2, 0.25) is 0 Å². The number of pyridine rings is 1. The Balaban J connectivity index is 1.79. The molecule has 1 saturated heterocycles. The lowest BCUT2D eigenvalue weighted by molar-refractivity contribution is -0.143. The van der Waals surface area contributed by atoms with Crippen LogP contribution in [0.15, 0.2) is 48.8 Å². The third-order valence-corrected chi connectivity index (χ3v) is 7.03. The highest BCUT2D eigenvalue weighted by Crippen LogP contribution is 2.39. The van der Waals surface area contributed by atoms with Crippen LogP contribution in [0.5, 0.6) is 0 Å². The summed E-state index contributed by atoms with van der Waals surface area (Å²) in [7, 11) is 1.99. The number of carbonyl (C=O) groups excluding carboxylic acids is 1. The molecule has 1 N–H and O–H groups in total. The number of benzene rings is 2. The van der Waals surface area contributed by atoms with Crippen molar-refractivity contribution in [1.82, 2.24) is 9.88 Å². The van der Waals surface area contributed by atoms with Crippen LogP contribution in [0, 0.1) is 13.8 Å². The van der Waals surface area contributed by atoms with E-state index in [1.54, 1.807) is 38.2 Å². The van der Waals surface area contributed by atoms with Gasteiger partial charge in [-0.2, -0.15) is 26.3 Å². The molecule has 208 valence electrons. The van der Waals surface area contributed by atoms with Gasteiger partial charge in [0.15, 0.2) is 0 Å². The van der Waals surface area contributed by atoms with E-state index in [2.05, 4.69) is 20.1 Å². The molecule has 1 fully saturated rings. The number of halogens is 6. The molecule has 0 saturated carbocycles. The molecule has 1 amide bonds. The minimum Gasteiger partial charge on any atom is -0.367 e. The third kappa shape index (κ3) is 6.52. The first kappa shape index (κ1) is 28.4. The van der Waals surface area contributed by atoms with Crippen LogP contribution in [0.3, 0.4) is 0 Å². The summed E-state index contributed by atoms with van der Waals surface area (Å²) in [5.74, 6) is -0.374. The van der Waals surface area contributed by atoms with Crippen molar-refractivity contribution in [2.24, 2.45) is 0 Å². The molecule has 0 atom stereocenters. The summed E-state index contributed by atoms with van der Waals surface area (Å²) in [4.78, 5) is 21.2. The summed E-state index contributed by atoms with van der Waals surface area (Å²) in [6, 6.07) is 6.69.